The molecule has 0 spiro atoms. The molecule has 31 heavy (non-hydrogen) atoms. The first-order valence-corrected chi connectivity index (χ1v) is 9.34. The van der Waals surface area contributed by atoms with Gasteiger partial charge in [-0.2, -0.15) is 14.9 Å². The predicted molar refractivity (Wildman–Crippen MR) is 116 cm³/mol. The smallest absolute Gasteiger partial charge is 0.203 e. The molecule has 0 aliphatic heterocycles. The van der Waals surface area contributed by atoms with E-state index < -0.39 is 0 Å². The number of benzene rings is 2. The highest BCUT2D eigenvalue weighted by molar-refractivity contribution is 5.83. The van der Waals surface area contributed by atoms with Gasteiger partial charge in [-0.25, -0.2) is 0 Å². The minimum Gasteiger partial charge on any atom is -0.497 e. The maximum Gasteiger partial charge on any atom is 0.203 e. The molecule has 0 aliphatic carbocycles. The Bertz CT molecular complexity index is 1260. The fraction of sp³-hybridized carbons (Fsp3) is 0.182. The molecule has 9 heteroatoms. The maximum atomic E-state index is 9.47. The standard InChI is InChI=1S/C22H21N5O4/c1-28-16-7-5-6-15(10-16)25-22-19(26-21-14(11-23)12-24-27(21)22)13-8-17(29-2)20(31-4)18(9-13)30-3/h5-10,12,25-26H,1-4H3. The van der Waals surface area contributed by atoms with Crippen LogP contribution >= 0.6 is 0 Å². The lowest BCUT2D eigenvalue weighted by molar-refractivity contribution is 0.324. The van der Waals surface area contributed by atoms with Crippen molar-refractivity contribution in [2.24, 2.45) is 0 Å². The van der Waals surface area contributed by atoms with Crippen molar-refractivity contribution < 1.29 is 18.9 Å². The summed E-state index contributed by atoms with van der Waals surface area (Å²) in [5, 5.41) is 17.2. The highest BCUT2D eigenvalue weighted by Crippen LogP contribution is 2.43. The van der Waals surface area contributed by atoms with Crippen LogP contribution in [0.1, 0.15) is 5.56 Å². The van der Waals surface area contributed by atoms with Crippen LogP contribution in [0.2, 0.25) is 0 Å². The summed E-state index contributed by atoms with van der Waals surface area (Å²) >= 11 is 0. The zero-order valence-corrected chi connectivity index (χ0v) is 17.5. The highest BCUT2D eigenvalue weighted by Gasteiger charge is 2.21. The van der Waals surface area contributed by atoms with E-state index in [2.05, 4.69) is 21.5 Å². The van der Waals surface area contributed by atoms with Crippen molar-refractivity contribution >= 4 is 17.2 Å². The molecule has 2 aromatic carbocycles. The third kappa shape index (κ3) is 3.44. The van der Waals surface area contributed by atoms with Crippen LogP contribution in [0.3, 0.4) is 0 Å². The van der Waals surface area contributed by atoms with E-state index in [9.17, 15) is 5.26 Å². The number of hydrogen-bond acceptors (Lipinski definition) is 7. The zero-order chi connectivity index (χ0) is 22.0. The molecule has 0 fully saturated rings. The molecule has 0 unspecified atom stereocenters. The van der Waals surface area contributed by atoms with Gasteiger partial charge >= 0.3 is 0 Å². The Morgan fingerprint density at radius 2 is 1.74 bits per heavy atom. The number of hydrogen-bond donors (Lipinski definition) is 2. The van der Waals surface area contributed by atoms with Gasteiger partial charge in [-0.3, -0.25) is 0 Å². The first kappa shape index (κ1) is 20.0. The van der Waals surface area contributed by atoms with Crippen LogP contribution in [0.15, 0.2) is 42.6 Å². The number of nitrogens with one attached hydrogen (secondary N) is 2. The lowest BCUT2D eigenvalue weighted by atomic mass is 10.1. The van der Waals surface area contributed by atoms with E-state index in [0.29, 0.717) is 45.7 Å². The van der Waals surface area contributed by atoms with Crippen molar-refractivity contribution in [3.8, 4) is 40.3 Å². The Morgan fingerprint density at radius 3 is 2.35 bits per heavy atom. The van der Waals surface area contributed by atoms with Crippen LogP contribution in [-0.2, 0) is 0 Å². The summed E-state index contributed by atoms with van der Waals surface area (Å²) < 4.78 is 23.4. The number of aromatic amines is 1. The Morgan fingerprint density at radius 1 is 1.00 bits per heavy atom. The van der Waals surface area contributed by atoms with Gasteiger partial charge in [0.25, 0.3) is 0 Å². The van der Waals surface area contributed by atoms with Crippen LogP contribution in [0.5, 0.6) is 23.0 Å². The Balaban J connectivity index is 1.93. The van der Waals surface area contributed by atoms with Crippen molar-refractivity contribution in [3.63, 3.8) is 0 Å². The second-order valence-electron chi connectivity index (χ2n) is 6.55. The first-order valence-electron chi connectivity index (χ1n) is 9.34. The minimum absolute atomic E-state index is 0.424. The summed E-state index contributed by atoms with van der Waals surface area (Å²) in [6, 6.07) is 13.3. The van der Waals surface area contributed by atoms with Crippen LogP contribution in [0.4, 0.5) is 11.5 Å². The second-order valence-corrected chi connectivity index (χ2v) is 6.55. The van der Waals surface area contributed by atoms with Crippen LogP contribution < -0.4 is 24.3 Å². The third-order valence-corrected chi connectivity index (χ3v) is 4.87. The molecule has 0 radical (unpaired) electrons. The molecule has 2 aromatic heterocycles. The van der Waals surface area contributed by atoms with Crippen molar-refractivity contribution in [3.05, 3.63) is 48.2 Å². The van der Waals surface area contributed by atoms with Gasteiger partial charge in [0.05, 0.1) is 40.3 Å². The number of anilines is 2. The highest BCUT2D eigenvalue weighted by atomic mass is 16.5. The van der Waals surface area contributed by atoms with Crippen molar-refractivity contribution in [2.45, 2.75) is 0 Å². The SMILES string of the molecule is COc1cccc(Nc2c(-c3cc(OC)c(OC)c(OC)c3)[nH]c3c(C#N)cnn23)c1. The van der Waals surface area contributed by atoms with Gasteiger partial charge in [0, 0.05) is 17.3 Å². The number of imidazole rings is 1. The van der Waals surface area contributed by atoms with Crippen LogP contribution in [0, 0.1) is 11.3 Å². The Kier molecular flexibility index (Phi) is 5.28. The lowest BCUT2D eigenvalue weighted by Gasteiger charge is -2.15. The number of nitrogens with zero attached hydrogens (tertiary/aromatic N) is 3. The summed E-state index contributed by atoms with van der Waals surface area (Å²) in [5.41, 5.74) is 3.24. The number of aromatic nitrogens is 3. The van der Waals surface area contributed by atoms with E-state index >= 15 is 0 Å². The van der Waals surface area contributed by atoms with E-state index in [1.807, 2.05) is 36.4 Å². The largest absolute Gasteiger partial charge is 0.497 e. The normalized spacial score (nSPS) is 10.5. The number of fused-ring (bicyclic) bond motifs is 1. The zero-order valence-electron chi connectivity index (χ0n) is 17.5. The summed E-state index contributed by atoms with van der Waals surface area (Å²) in [6.07, 6.45) is 1.52. The molecule has 4 rings (SSSR count). The molecule has 0 saturated heterocycles. The summed E-state index contributed by atoms with van der Waals surface area (Å²) in [5.74, 6) is 2.86. The summed E-state index contributed by atoms with van der Waals surface area (Å²) in [6.45, 7) is 0. The molecule has 2 heterocycles. The van der Waals surface area contributed by atoms with E-state index in [1.165, 1.54) is 6.20 Å². The number of rotatable bonds is 7. The topological polar surface area (TPSA) is 106 Å². The summed E-state index contributed by atoms with van der Waals surface area (Å²) in [4.78, 5) is 3.30. The van der Waals surface area contributed by atoms with Gasteiger partial charge in [-0.15, -0.1) is 0 Å². The van der Waals surface area contributed by atoms with Crippen molar-refractivity contribution in [1.82, 2.24) is 14.6 Å². The van der Waals surface area contributed by atoms with Crippen LogP contribution in [-0.4, -0.2) is 43.0 Å². The number of ether oxygens (including phenoxy) is 4. The molecular weight excluding hydrogens is 398 g/mol. The monoisotopic (exact) mass is 419 g/mol. The van der Waals surface area contributed by atoms with E-state index in [0.717, 1.165) is 11.3 Å². The predicted octanol–water partition coefficient (Wildman–Crippen LogP) is 3.98. The summed E-state index contributed by atoms with van der Waals surface area (Å²) in [7, 11) is 6.29. The van der Waals surface area contributed by atoms with Gasteiger partial charge in [0.15, 0.2) is 23.0 Å². The molecule has 2 N–H and O–H groups in total. The fourth-order valence-electron chi connectivity index (χ4n) is 3.39. The minimum atomic E-state index is 0.424. The molecule has 0 aliphatic rings. The third-order valence-electron chi connectivity index (χ3n) is 4.87. The quantitative estimate of drug-likeness (QED) is 0.467. The molecule has 4 aromatic rings. The van der Waals surface area contributed by atoms with Gasteiger partial charge in [0.1, 0.15) is 17.4 Å². The average Bonchev–Trinajstić information content (AvgIpc) is 3.37. The van der Waals surface area contributed by atoms with Gasteiger partial charge < -0.3 is 29.2 Å². The fourth-order valence-corrected chi connectivity index (χ4v) is 3.39. The molecule has 0 amide bonds. The number of H-pyrrole nitrogens is 1. The average molecular weight is 419 g/mol. The molecule has 0 atom stereocenters. The molecule has 158 valence electrons. The van der Waals surface area contributed by atoms with Crippen LogP contribution in [0.25, 0.3) is 16.9 Å². The van der Waals surface area contributed by atoms with E-state index in [1.54, 1.807) is 33.0 Å². The van der Waals surface area contributed by atoms with Gasteiger partial charge in [-0.05, 0) is 24.3 Å². The molecule has 0 saturated carbocycles. The first-order chi connectivity index (χ1) is 15.1. The molecular formula is C22H21N5O4. The Labute approximate surface area is 178 Å². The second kappa shape index (κ2) is 8.20. The van der Waals surface area contributed by atoms with Gasteiger partial charge in [0.2, 0.25) is 5.75 Å². The molecule has 9 nitrogen and oxygen atoms in total. The van der Waals surface area contributed by atoms with Crippen molar-refractivity contribution in [1.29, 1.82) is 5.26 Å². The van der Waals surface area contributed by atoms with E-state index in [-0.39, 0.29) is 0 Å². The number of nitriles is 1. The molecule has 0 bridgehead atoms. The maximum absolute atomic E-state index is 9.47. The van der Waals surface area contributed by atoms with E-state index in [4.69, 9.17) is 18.9 Å². The lowest BCUT2D eigenvalue weighted by Crippen LogP contribution is -1.99. The van der Waals surface area contributed by atoms with Gasteiger partial charge in [-0.1, -0.05) is 6.07 Å². The Hall–Kier alpha value is -4.32. The number of methoxy groups -OCH3 is 4. The van der Waals surface area contributed by atoms with Crippen molar-refractivity contribution in [2.75, 3.05) is 33.8 Å².